The van der Waals surface area contributed by atoms with Crippen molar-refractivity contribution in [2.75, 3.05) is 6.26 Å². The molecule has 2 aromatic carbocycles. The molecule has 0 fully saturated rings. The van der Waals surface area contributed by atoms with Gasteiger partial charge in [-0.1, -0.05) is 30.7 Å². The molecule has 0 radical (unpaired) electrons. The third-order valence-corrected chi connectivity index (χ3v) is 4.78. The van der Waals surface area contributed by atoms with Crippen LogP contribution in [0.25, 0.3) is 21.8 Å². The minimum atomic E-state index is -3.38. The van der Waals surface area contributed by atoms with Crippen LogP contribution in [0.4, 0.5) is 0 Å². The fourth-order valence-corrected chi connectivity index (χ4v) is 3.78. The van der Waals surface area contributed by atoms with Crippen LogP contribution in [-0.4, -0.2) is 18.6 Å². The molecule has 0 saturated carbocycles. The number of fused-ring (bicyclic) bond motifs is 3. The Bertz CT molecular complexity index is 926. The van der Waals surface area contributed by atoms with Crippen molar-refractivity contribution in [3.63, 3.8) is 0 Å². The van der Waals surface area contributed by atoms with Crippen LogP contribution in [-0.2, 0) is 16.4 Å². The van der Waals surface area contributed by atoms with Crippen LogP contribution in [0.1, 0.15) is 12.5 Å². The minimum Gasteiger partial charge on any atom is -0.237 e. The molecule has 0 amide bonds. The topological polar surface area (TPSA) is 39.1 Å². The molecule has 0 aliphatic heterocycles. The predicted octanol–water partition coefficient (Wildman–Crippen LogP) is 3.82. The van der Waals surface area contributed by atoms with Crippen LogP contribution >= 0.6 is 11.6 Å². The van der Waals surface area contributed by atoms with Gasteiger partial charge in [0.2, 0.25) is 10.0 Å². The molecule has 5 heteroatoms. The summed E-state index contributed by atoms with van der Waals surface area (Å²) in [6.07, 6.45) is 2.08. The largest absolute Gasteiger partial charge is 0.237 e. The summed E-state index contributed by atoms with van der Waals surface area (Å²) in [5, 5.41) is 2.37. The zero-order chi connectivity index (χ0) is 14.5. The van der Waals surface area contributed by atoms with Crippen molar-refractivity contribution < 1.29 is 8.42 Å². The first-order valence-corrected chi connectivity index (χ1v) is 8.57. The molecular formula is C15H14ClNO2S. The second-order valence-electron chi connectivity index (χ2n) is 4.89. The van der Waals surface area contributed by atoms with Gasteiger partial charge in [-0.15, -0.1) is 0 Å². The van der Waals surface area contributed by atoms with Crippen molar-refractivity contribution >= 4 is 43.4 Å². The van der Waals surface area contributed by atoms with Gasteiger partial charge in [-0.3, -0.25) is 0 Å². The summed E-state index contributed by atoms with van der Waals surface area (Å²) >= 11 is 6.04. The highest BCUT2D eigenvalue weighted by atomic mass is 35.5. The van der Waals surface area contributed by atoms with Gasteiger partial charge in [0, 0.05) is 15.8 Å². The molecule has 0 saturated heterocycles. The fourth-order valence-electron chi connectivity index (χ4n) is 2.58. The highest BCUT2D eigenvalue weighted by Crippen LogP contribution is 2.32. The van der Waals surface area contributed by atoms with E-state index in [-0.39, 0.29) is 0 Å². The van der Waals surface area contributed by atoms with Crippen LogP contribution in [0, 0.1) is 0 Å². The maximum atomic E-state index is 12.1. The van der Waals surface area contributed by atoms with Crippen LogP contribution < -0.4 is 0 Å². The number of nitrogens with zero attached hydrogens (tertiary/aromatic N) is 1. The molecule has 3 nitrogen and oxygen atoms in total. The second kappa shape index (κ2) is 4.50. The Labute approximate surface area is 122 Å². The summed E-state index contributed by atoms with van der Waals surface area (Å²) in [5.41, 5.74) is 2.49. The van der Waals surface area contributed by atoms with Gasteiger partial charge in [0.1, 0.15) is 0 Å². The zero-order valence-electron chi connectivity index (χ0n) is 11.2. The van der Waals surface area contributed by atoms with Gasteiger partial charge >= 0.3 is 0 Å². The van der Waals surface area contributed by atoms with Gasteiger partial charge < -0.3 is 0 Å². The molecule has 0 aliphatic carbocycles. The molecule has 1 aromatic heterocycles. The first-order chi connectivity index (χ1) is 9.41. The first kappa shape index (κ1) is 13.5. The molecule has 20 heavy (non-hydrogen) atoms. The Hall–Kier alpha value is -1.52. The van der Waals surface area contributed by atoms with Crippen molar-refractivity contribution in [1.82, 2.24) is 3.97 Å². The van der Waals surface area contributed by atoms with Crippen molar-refractivity contribution in [2.24, 2.45) is 0 Å². The van der Waals surface area contributed by atoms with E-state index in [1.807, 2.05) is 31.2 Å². The number of aromatic nitrogens is 1. The van der Waals surface area contributed by atoms with Crippen LogP contribution in [0.3, 0.4) is 0 Å². The lowest BCUT2D eigenvalue weighted by atomic mass is 10.1. The maximum Gasteiger partial charge on any atom is 0.236 e. The quantitative estimate of drug-likeness (QED) is 0.722. The SMILES string of the molecule is CCc1ccc2c3cc(Cl)ccc3n(S(C)(=O)=O)c2c1. The molecule has 0 bridgehead atoms. The number of aryl methyl sites for hydroxylation is 1. The van der Waals surface area contributed by atoms with Crippen molar-refractivity contribution in [2.45, 2.75) is 13.3 Å². The van der Waals surface area contributed by atoms with E-state index in [2.05, 4.69) is 0 Å². The third kappa shape index (κ3) is 2.00. The lowest BCUT2D eigenvalue weighted by Gasteiger charge is -2.05. The number of hydrogen-bond acceptors (Lipinski definition) is 2. The number of benzene rings is 2. The number of hydrogen-bond donors (Lipinski definition) is 0. The molecule has 0 spiro atoms. The van der Waals surface area contributed by atoms with Crippen molar-refractivity contribution in [3.05, 3.63) is 47.0 Å². The highest BCUT2D eigenvalue weighted by Gasteiger charge is 2.17. The van der Waals surface area contributed by atoms with Gasteiger partial charge in [0.05, 0.1) is 17.3 Å². The number of rotatable bonds is 2. The third-order valence-electron chi connectivity index (χ3n) is 3.49. The highest BCUT2D eigenvalue weighted by molar-refractivity contribution is 7.89. The Morgan fingerprint density at radius 2 is 1.80 bits per heavy atom. The van der Waals surface area contributed by atoms with Crippen LogP contribution in [0.15, 0.2) is 36.4 Å². The minimum absolute atomic E-state index is 0.601. The lowest BCUT2D eigenvalue weighted by molar-refractivity contribution is 0.596. The van der Waals surface area contributed by atoms with Crippen molar-refractivity contribution in [1.29, 1.82) is 0 Å². The van der Waals surface area contributed by atoms with Gasteiger partial charge in [-0.05, 0) is 36.2 Å². The Balaban J connectivity index is 2.60. The predicted molar refractivity (Wildman–Crippen MR) is 84.1 cm³/mol. The van der Waals surface area contributed by atoms with E-state index < -0.39 is 10.0 Å². The Morgan fingerprint density at radius 3 is 2.45 bits per heavy atom. The Morgan fingerprint density at radius 1 is 1.05 bits per heavy atom. The maximum absolute atomic E-state index is 12.1. The molecule has 0 aliphatic rings. The van der Waals surface area contributed by atoms with Gasteiger partial charge in [-0.2, -0.15) is 0 Å². The van der Waals surface area contributed by atoms with Crippen molar-refractivity contribution in [3.8, 4) is 0 Å². The van der Waals surface area contributed by atoms with E-state index in [1.54, 1.807) is 12.1 Å². The van der Waals surface area contributed by atoms with Gasteiger partial charge in [-0.25, -0.2) is 12.4 Å². The monoisotopic (exact) mass is 307 g/mol. The molecule has 0 atom stereocenters. The Kier molecular flexibility index (Phi) is 3.03. The van der Waals surface area contributed by atoms with E-state index in [4.69, 9.17) is 11.6 Å². The average Bonchev–Trinajstić information content (AvgIpc) is 2.71. The van der Waals surface area contributed by atoms with Gasteiger partial charge in [0.15, 0.2) is 0 Å². The second-order valence-corrected chi connectivity index (χ2v) is 7.16. The average molecular weight is 308 g/mol. The van der Waals surface area contributed by atoms with Crippen LogP contribution in [0.5, 0.6) is 0 Å². The molecule has 104 valence electrons. The first-order valence-electron chi connectivity index (χ1n) is 6.35. The van der Waals surface area contributed by atoms with Crippen LogP contribution in [0.2, 0.25) is 5.02 Å². The van der Waals surface area contributed by atoms with Gasteiger partial charge in [0.25, 0.3) is 0 Å². The molecule has 1 heterocycles. The zero-order valence-corrected chi connectivity index (χ0v) is 12.8. The normalized spacial score (nSPS) is 12.3. The molecule has 0 unspecified atom stereocenters. The summed E-state index contributed by atoms with van der Waals surface area (Å²) in [7, 11) is -3.38. The fraction of sp³-hybridized carbons (Fsp3) is 0.200. The molecular weight excluding hydrogens is 294 g/mol. The number of halogens is 1. The smallest absolute Gasteiger partial charge is 0.236 e. The summed E-state index contributed by atoms with van der Waals surface area (Å²) in [6.45, 7) is 2.05. The molecule has 0 N–H and O–H groups in total. The lowest BCUT2D eigenvalue weighted by Crippen LogP contribution is -2.09. The van der Waals surface area contributed by atoms with E-state index in [9.17, 15) is 8.42 Å². The summed E-state index contributed by atoms with van der Waals surface area (Å²) in [5.74, 6) is 0. The standard InChI is InChI=1S/C15H14ClNO2S/c1-3-10-4-6-12-13-9-11(16)5-7-14(13)17(15(12)8-10)20(2,18)19/h4-9H,3H2,1-2H3. The summed E-state index contributed by atoms with van der Waals surface area (Å²) in [6, 6.07) is 11.2. The summed E-state index contributed by atoms with van der Waals surface area (Å²) in [4.78, 5) is 0. The van der Waals surface area contributed by atoms with E-state index in [0.29, 0.717) is 16.1 Å². The van der Waals surface area contributed by atoms with E-state index in [0.717, 1.165) is 22.8 Å². The molecule has 3 rings (SSSR count). The van der Waals surface area contributed by atoms with E-state index >= 15 is 0 Å². The molecule has 3 aromatic rings. The summed E-state index contributed by atoms with van der Waals surface area (Å²) < 4.78 is 25.7. The van der Waals surface area contributed by atoms with E-state index in [1.165, 1.54) is 10.2 Å².